The average molecular weight is 402 g/mol. The summed E-state index contributed by atoms with van der Waals surface area (Å²) in [7, 11) is 0. The highest BCUT2D eigenvalue weighted by molar-refractivity contribution is 6.35. The van der Waals surface area contributed by atoms with E-state index in [0.717, 1.165) is 5.56 Å². The largest absolute Gasteiger partial charge is 0.407 e. The summed E-state index contributed by atoms with van der Waals surface area (Å²) in [6, 6.07) is 16.3. The molecule has 0 fully saturated rings. The molecule has 4 aromatic rings. The fraction of sp³-hybridized carbons (Fsp3) is 0.0455. The van der Waals surface area contributed by atoms with E-state index in [1.807, 2.05) is 30.3 Å². The smallest absolute Gasteiger partial charge is 0.250 e. The molecule has 0 saturated carbocycles. The molecular formula is C22H16ClN5O. The molecule has 4 N–H and O–H groups in total. The molecule has 0 aliphatic carbocycles. The van der Waals surface area contributed by atoms with Crippen molar-refractivity contribution in [2.24, 2.45) is 0 Å². The molecule has 0 aliphatic heterocycles. The van der Waals surface area contributed by atoms with Crippen molar-refractivity contribution in [1.82, 2.24) is 9.97 Å². The van der Waals surface area contributed by atoms with E-state index in [1.165, 1.54) is 6.20 Å². The zero-order valence-corrected chi connectivity index (χ0v) is 16.0. The fourth-order valence-electron chi connectivity index (χ4n) is 3.22. The fourth-order valence-corrected chi connectivity index (χ4v) is 3.45. The van der Waals surface area contributed by atoms with E-state index in [-0.39, 0.29) is 17.7 Å². The lowest BCUT2D eigenvalue weighted by atomic mass is 10.0. The molecule has 0 unspecified atom stereocenters. The van der Waals surface area contributed by atoms with Gasteiger partial charge in [-0.25, -0.2) is 4.85 Å². The van der Waals surface area contributed by atoms with Crippen LogP contribution in [0.5, 0.6) is 0 Å². The van der Waals surface area contributed by atoms with E-state index in [1.54, 1.807) is 24.3 Å². The summed E-state index contributed by atoms with van der Waals surface area (Å²) in [6.45, 7) is 7.51. The van der Waals surface area contributed by atoms with Gasteiger partial charge in [-0.3, -0.25) is 9.78 Å². The van der Waals surface area contributed by atoms with Gasteiger partial charge >= 0.3 is 0 Å². The van der Waals surface area contributed by atoms with Crippen molar-refractivity contribution in [2.75, 3.05) is 11.1 Å². The van der Waals surface area contributed by atoms with Crippen LogP contribution in [0, 0.1) is 6.57 Å². The van der Waals surface area contributed by atoms with Gasteiger partial charge in [0.1, 0.15) is 5.82 Å². The number of nitrogens with two attached hydrogens (primary N) is 1. The van der Waals surface area contributed by atoms with Crippen molar-refractivity contribution in [3.63, 3.8) is 0 Å². The summed E-state index contributed by atoms with van der Waals surface area (Å²) < 4.78 is 0. The Kier molecular flexibility index (Phi) is 4.90. The number of H-pyrrole nitrogens is 1. The van der Waals surface area contributed by atoms with Crippen LogP contribution in [0.25, 0.3) is 27.0 Å². The monoisotopic (exact) mass is 401 g/mol. The number of nitrogens with zero attached hydrogens (tertiary/aromatic N) is 2. The second-order valence-electron chi connectivity index (χ2n) is 6.40. The van der Waals surface area contributed by atoms with Crippen LogP contribution in [0.3, 0.4) is 0 Å². The molecule has 0 atom stereocenters. The number of fused-ring (bicyclic) bond motifs is 1. The molecule has 0 radical (unpaired) electrons. The predicted molar refractivity (Wildman–Crippen MR) is 117 cm³/mol. The minimum atomic E-state index is -0.138. The van der Waals surface area contributed by atoms with Crippen molar-refractivity contribution in [3.8, 4) is 11.3 Å². The number of anilines is 2. The first-order chi connectivity index (χ1) is 14.1. The maximum atomic E-state index is 13.3. The Balaban J connectivity index is 1.87. The van der Waals surface area contributed by atoms with Crippen molar-refractivity contribution in [1.29, 1.82) is 0 Å². The minimum Gasteiger partial charge on any atom is -0.407 e. The van der Waals surface area contributed by atoms with E-state index in [4.69, 9.17) is 23.9 Å². The van der Waals surface area contributed by atoms with Crippen LogP contribution in [0.1, 0.15) is 5.56 Å². The number of nitrogen functional groups attached to an aromatic ring is 1. The van der Waals surface area contributed by atoms with Gasteiger partial charge in [0.05, 0.1) is 22.8 Å². The predicted octanol–water partition coefficient (Wildman–Crippen LogP) is 4.99. The van der Waals surface area contributed by atoms with E-state index in [9.17, 15) is 4.79 Å². The van der Waals surface area contributed by atoms with Gasteiger partial charge in [-0.05, 0) is 23.8 Å². The lowest BCUT2D eigenvalue weighted by Crippen LogP contribution is -2.17. The van der Waals surface area contributed by atoms with Gasteiger partial charge in [0.2, 0.25) is 5.69 Å². The number of hydrogen-bond acceptors (Lipinski definition) is 4. The summed E-state index contributed by atoms with van der Waals surface area (Å²) in [5.74, 6) is 0.338. The SMILES string of the molecule is [C-]#[N+]c1c(N)ccnc1NCc1c(-c2ccccc2)[nH]c2c(Cl)cccc2c1=O. The summed E-state index contributed by atoms with van der Waals surface area (Å²) in [4.78, 5) is 24.3. The third kappa shape index (κ3) is 3.40. The number of halogens is 1. The second-order valence-corrected chi connectivity index (χ2v) is 6.81. The molecule has 142 valence electrons. The summed E-state index contributed by atoms with van der Waals surface area (Å²) in [5.41, 5.74) is 8.92. The molecule has 29 heavy (non-hydrogen) atoms. The van der Waals surface area contributed by atoms with Crippen molar-refractivity contribution in [2.45, 2.75) is 6.54 Å². The summed E-state index contributed by atoms with van der Waals surface area (Å²) >= 11 is 6.33. The van der Waals surface area contributed by atoms with E-state index in [0.29, 0.717) is 38.7 Å². The molecule has 0 bridgehead atoms. The molecule has 0 saturated heterocycles. The highest BCUT2D eigenvalue weighted by Gasteiger charge is 2.16. The van der Waals surface area contributed by atoms with Gasteiger partial charge in [0, 0.05) is 29.4 Å². The van der Waals surface area contributed by atoms with Gasteiger partial charge < -0.3 is 16.0 Å². The van der Waals surface area contributed by atoms with Crippen LogP contribution in [0.4, 0.5) is 17.2 Å². The first kappa shape index (κ1) is 18.5. The average Bonchev–Trinajstić information content (AvgIpc) is 2.74. The Morgan fingerprint density at radius 1 is 1.14 bits per heavy atom. The second kappa shape index (κ2) is 7.66. The van der Waals surface area contributed by atoms with Crippen LogP contribution < -0.4 is 16.5 Å². The Hall–Kier alpha value is -3.82. The number of benzene rings is 2. The van der Waals surface area contributed by atoms with E-state index in [2.05, 4.69) is 20.1 Å². The molecule has 2 heterocycles. The highest BCUT2D eigenvalue weighted by atomic mass is 35.5. The van der Waals surface area contributed by atoms with Crippen LogP contribution >= 0.6 is 11.6 Å². The zero-order chi connectivity index (χ0) is 20.4. The number of nitrogens with one attached hydrogen (secondary N) is 2. The maximum absolute atomic E-state index is 13.3. The van der Waals surface area contributed by atoms with Crippen LogP contribution in [0.2, 0.25) is 5.02 Å². The van der Waals surface area contributed by atoms with Crippen molar-refractivity contribution < 1.29 is 0 Å². The minimum absolute atomic E-state index is 0.138. The maximum Gasteiger partial charge on any atom is 0.250 e. The van der Waals surface area contributed by atoms with Gasteiger partial charge in [-0.1, -0.05) is 48.0 Å². The van der Waals surface area contributed by atoms with Gasteiger partial charge in [-0.2, -0.15) is 0 Å². The van der Waals surface area contributed by atoms with Crippen LogP contribution in [0.15, 0.2) is 65.6 Å². The third-order valence-corrected chi connectivity index (χ3v) is 4.96. The number of rotatable bonds is 4. The topological polar surface area (TPSA) is 88.2 Å². The first-order valence-corrected chi connectivity index (χ1v) is 9.22. The Morgan fingerprint density at radius 3 is 2.69 bits per heavy atom. The summed E-state index contributed by atoms with van der Waals surface area (Å²) in [5, 5.41) is 4.07. The van der Waals surface area contributed by atoms with Crippen molar-refractivity contribution >= 4 is 39.7 Å². The van der Waals surface area contributed by atoms with Gasteiger partial charge in [0.25, 0.3) is 0 Å². The molecule has 2 aromatic carbocycles. The lowest BCUT2D eigenvalue weighted by molar-refractivity contribution is 1.09. The van der Waals surface area contributed by atoms with Crippen molar-refractivity contribution in [3.05, 3.63) is 93.0 Å². The third-order valence-electron chi connectivity index (χ3n) is 4.65. The highest BCUT2D eigenvalue weighted by Crippen LogP contribution is 2.31. The molecule has 6 nitrogen and oxygen atoms in total. The number of pyridine rings is 2. The molecule has 4 rings (SSSR count). The lowest BCUT2D eigenvalue weighted by Gasteiger charge is -2.14. The Morgan fingerprint density at radius 2 is 1.93 bits per heavy atom. The van der Waals surface area contributed by atoms with Crippen LogP contribution in [-0.2, 0) is 6.54 Å². The van der Waals surface area contributed by atoms with E-state index < -0.39 is 0 Å². The quantitative estimate of drug-likeness (QED) is 0.420. The molecule has 0 spiro atoms. The zero-order valence-electron chi connectivity index (χ0n) is 15.2. The number of hydrogen-bond donors (Lipinski definition) is 3. The van der Waals surface area contributed by atoms with Crippen LogP contribution in [-0.4, -0.2) is 9.97 Å². The molecule has 0 aliphatic rings. The molecule has 0 amide bonds. The van der Waals surface area contributed by atoms with Gasteiger partial charge in [0.15, 0.2) is 5.43 Å². The molecule has 7 heteroatoms. The van der Waals surface area contributed by atoms with E-state index >= 15 is 0 Å². The number of para-hydroxylation sites is 1. The summed E-state index contributed by atoms with van der Waals surface area (Å²) in [6.07, 6.45) is 1.52. The number of aromatic nitrogens is 2. The number of aromatic amines is 1. The molecular weight excluding hydrogens is 386 g/mol. The first-order valence-electron chi connectivity index (χ1n) is 8.84. The molecule has 2 aromatic heterocycles. The Bertz CT molecular complexity index is 1310. The van der Waals surface area contributed by atoms with Gasteiger partial charge in [-0.15, -0.1) is 0 Å². The normalized spacial score (nSPS) is 10.6. The standard InChI is InChI=1S/C22H16ClN5O/c1-25-20-17(24)10-11-26-22(20)27-12-15-18(13-6-3-2-4-7-13)28-19-14(21(15)29)8-5-9-16(19)23/h2-11H,12H2,(H,28,29)(H3,24,26,27). The Labute approximate surface area is 171 Å².